The van der Waals surface area contributed by atoms with Gasteiger partial charge in [-0.1, -0.05) is 13.3 Å². The normalized spacial score (nSPS) is 18.5. The van der Waals surface area contributed by atoms with Crippen LogP contribution in [0.1, 0.15) is 45.4 Å². The van der Waals surface area contributed by atoms with Crippen LogP contribution in [0.5, 0.6) is 0 Å². The molecule has 3 heterocycles. The van der Waals surface area contributed by atoms with Crippen molar-refractivity contribution in [3.8, 4) is 0 Å². The first kappa shape index (κ1) is 18.6. The predicted molar refractivity (Wildman–Crippen MR) is 85.4 cm³/mol. The van der Waals surface area contributed by atoms with Gasteiger partial charge in [0.05, 0.1) is 6.61 Å². The van der Waals surface area contributed by atoms with Gasteiger partial charge in [0.25, 0.3) is 0 Å². The third-order valence-corrected chi connectivity index (χ3v) is 4.16. The van der Waals surface area contributed by atoms with E-state index in [4.69, 9.17) is 9.84 Å². The number of carbonyl (C=O) groups excluding carboxylic acids is 1. The molecule has 3 rings (SSSR count). The number of hydrogen-bond acceptors (Lipinski definition) is 5. The van der Waals surface area contributed by atoms with Crippen molar-refractivity contribution < 1.29 is 14.6 Å². The van der Waals surface area contributed by atoms with Gasteiger partial charge < -0.3 is 9.84 Å². The molecule has 0 amide bonds. The fourth-order valence-corrected chi connectivity index (χ4v) is 3.10. The molecule has 0 bridgehead atoms. The molecule has 1 aromatic rings. The number of nitrogens with one attached hydrogen (secondary N) is 1. The number of hydrogen-bond donors (Lipinski definition) is 2. The molecule has 1 aromatic heterocycles. The van der Waals surface area contributed by atoms with Crippen LogP contribution in [0.3, 0.4) is 0 Å². The lowest BCUT2D eigenvalue weighted by Crippen LogP contribution is -2.46. The number of H-pyrrole nitrogens is 1. The Hall–Kier alpha value is -1.40. The number of aliphatic hydroxyl groups is 1. The van der Waals surface area contributed by atoms with Crippen LogP contribution < -0.4 is 0 Å². The van der Waals surface area contributed by atoms with Crippen molar-refractivity contribution >= 4 is 5.97 Å². The summed E-state index contributed by atoms with van der Waals surface area (Å²) in [5, 5.41) is 13.2. The number of carbonyl (C=O) groups is 1. The summed E-state index contributed by atoms with van der Waals surface area (Å²) >= 11 is 0. The number of rotatable bonds is 4. The maximum Gasteiger partial charge on any atom is 0.326 e. The van der Waals surface area contributed by atoms with Crippen molar-refractivity contribution in [1.82, 2.24) is 15.1 Å². The molecule has 2 aliphatic heterocycles. The smallest absolute Gasteiger partial charge is 0.326 e. The summed E-state index contributed by atoms with van der Waals surface area (Å²) in [7, 11) is 1.00. The molecule has 0 radical (unpaired) electrons. The second-order valence-electron chi connectivity index (χ2n) is 5.48. The lowest BCUT2D eigenvalue weighted by Gasteiger charge is -2.29. The quantitative estimate of drug-likeness (QED) is 0.656. The molecule has 2 fully saturated rings. The van der Waals surface area contributed by atoms with E-state index in [2.05, 4.69) is 22.0 Å². The Labute approximate surface area is 132 Å². The zero-order chi connectivity index (χ0) is 16.3. The highest BCUT2D eigenvalue weighted by Crippen LogP contribution is 2.39. The Morgan fingerprint density at radius 3 is 2.50 bits per heavy atom. The number of nitrogens with zero attached hydrogens (tertiary/aromatic N) is 2. The van der Waals surface area contributed by atoms with E-state index in [0.717, 1.165) is 58.7 Å². The van der Waals surface area contributed by atoms with Crippen LogP contribution in [0.25, 0.3) is 0 Å². The Bertz CT molecular complexity index is 368. The minimum absolute atomic E-state index is 0.0472. The molecule has 2 saturated heterocycles. The molecule has 0 spiro atoms. The van der Waals surface area contributed by atoms with Gasteiger partial charge in [0, 0.05) is 19.5 Å². The van der Waals surface area contributed by atoms with Crippen molar-refractivity contribution in [1.29, 1.82) is 0 Å². The molecular weight excluding hydrogens is 282 g/mol. The van der Waals surface area contributed by atoms with E-state index in [1.54, 1.807) is 12.4 Å². The molecule has 0 unspecified atom stereocenters. The van der Waals surface area contributed by atoms with Gasteiger partial charge >= 0.3 is 5.97 Å². The highest BCUT2D eigenvalue weighted by atomic mass is 16.5. The molecule has 22 heavy (non-hydrogen) atoms. The molecule has 0 saturated carbocycles. The monoisotopic (exact) mass is 311 g/mol. The standard InChI is InChI=1S/C12H21NO2.C3H4N2.CH4O/c1-2-3-10-15-11(14)12-6-4-8-13(12)9-5-7-12;1-2-4-5-3-1;1-2/h2-10H2,1H3;1-3H,(H,4,5);2H,1H3. The Morgan fingerprint density at radius 1 is 1.36 bits per heavy atom. The first-order chi connectivity index (χ1) is 10.8. The minimum Gasteiger partial charge on any atom is -0.464 e. The largest absolute Gasteiger partial charge is 0.464 e. The number of unbranched alkanes of at least 4 members (excludes halogenated alkanes) is 1. The summed E-state index contributed by atoms with van der Waals surface area (Å²) in [6.07, 6.45) is 9.87. The van der Waals surface area contributed by atoms with Gasteiger partial charge in [0.15, 0.2) is 0 Å². The number of aromatic amines is 1. The van der Waals surface area contributed by atoms with E-state index >= 15 is 0 Å². The molecule has 0 atom stereocenters. The average molecular weight is 311 g/mol. The summed E-state index contributed by atoms with van der Waals surface area (Å²) in [5.74, 6) is 0.0472. The number of aliphatic hydroxyl groups excluding tert-OH is 1. The lowest BCUT2D eigenvalue weighted by molar-refractivity contribution is -0.155. The van der Waals surface area contributed by atoms with Crippen molar-refractivity contribution in [2.24, 2.45) is 0 Å². The van der Waals surface area contributed by atoms with Crippen LogP contribution in [-0.4, -0.2) is 58.5 Å². The lowest BCUT2D eigenvalue weighted by atomic mass is 9.94. The van der Waals surface area contributed by atoms with Crippen molar-refractivity contribution in [2.75, 3.05) is 26.8 Å². The van der Waals surface area contributed by atoms with Crippen LogP contribution in [0.4, 0.5) is 0 Å². The second-order valence-corrected chi connectivity index (χ2v) is 5.48. The van der Waals surface area contributed by atoms with Gasteiger partial charge in [-0.3, -0.25) is 14.8 Å². The van der Waals surface area contributed by atoms with E-state index in [1.807, 2.05) is 6.07 Å². The first-order valence-electron chi connectivity index (χ1n) is 8.10. The SMILES string of the molecule is CCCCOC(=O)C12CCCN1CCC2.CO.c1cn[nH]c1. The van der Waals surface area contributed by atoms with Crippen LogP contribution in [0, 0.1) is 0 Å². The third-order valence-electron chi connectivity index (χ3n) is 4.16. The molecule has 0 aromatic carbocycles. The van der Waals surface area contributed by atoms with Gasteiger partial charge in [-0.05, 0) is 51.3 Å². The van der Waals surface area contributed by atoms with Gasteiger partial charge in [-0.2, -0.15) is 5.10 Å². The summed E-state index contributed by atoms with van der Waals surface area (Å²) in [6, 6.07) is 1.83. The second kappa shape index (κ2) is 10.3. The molecule has 6 nitrogen and oxygen atoms in total. The summed E-state index contributed by atoms with van der Waals surface area (Å²) in [5.41, 5.74) is -0.215. The number of esters is 1. The Kier molecular flexibility index (Phi) is 8.77. The average Bonchev–Trinajstić information content (AvgIpc) is 3.28. The van der Waals surface area contributed by atoms with Gasteiger partial charge in [0.1, 0.15) is 5.54 Å². The molecular formula is C16H29N3O3. The topological polar surface area (TPSA) is 78.4 Å². The fourth-order valence-electron chi connectivity index (χ4n) is 3.10. The molecule has 6 heteroatoms. The molecule has 2 aliphatic rings. The van der Waals surface area contributed by atoms with Crippen molar-refractivity contribution in [3.05, 3.63) is 18.5 Å². The van der Waals surface area contributed by atoms with E-state index in [1.165, 1.54) is 0 Å². The van der Waals surface area contributed by atoms with Crippen molar-refractivity contribution in [2.45, 2.75) is 51.0 Å². The minimum atomic E-state index is -0.215. The fraction of sp³-hybridized carbons (Fsp3) is 0.750. The van der Waals surface area contributed by atoms with E-state index < -0.39 is 0 Å². The number of aromatic nitrogens is 2. The van der Waals surface area contributed by atoms with Gasteiger partial charge in [-0.15, -0.1) is 0 Å². The van der Waals surface area contributed by atoms with Gasteiger partial charge in [-0.25, -0.2) is 0 Å². The van der Waals surface area contributed by atoms with Gasteiger partial charge in [0.2, 0.25) is 0 Å². The number of fused-ring (bicyclic) bond motifs is 1. The third kappa shape index (κ3) is 4.81. The Balaban J connectivity index is 0.000000289. The van der Waals surface area contributed by atoms with Crippen molar-refractivity contribution in [3.63, 3.8) is 0 Å². The highest BCUT2D eigenvalue weighted by Gasteiger charge is 2.51. The molecule has 126 valence electrons. The van der Waals surface area contributed by atoms with Crippen LogP contribution >= 0.6 is 0 Å². The van der Waals surface area contributed by atoms with E-state index in [0.29, 0.717) is 6.61 Å². The van der Waals surface area contributed by atoms with Crippen LogP contribution in [0.15, 0.2) is 18.5 Å². The zero-order valence-electron chi connectivity index (χ0n) is 13.8. The van der Waals surface area contributed by atoms with E-state index in [-0.39, 0.29) is 11.5 Å². The van der Waals surface area contributed by atoms with Crippen LogP contribution in [-0.2, 0) is 9.53 Å². The van der Waals surface area contributed by atoms with E-state index in [9.17, 15) is 4.79 Å². The number of ether oxygens (including phenoxy) is 1. The Morgan fingerprint density at radius 2 is 2.05 bits per heavy atom. The summed E-state index contributed by atoms with van der Waals surface area (Å²) < 4.78 is 5.39. The summed E-state index contributed by atoms with van der Waals surface area (Å²) in [4.78, 5) is 14.4. The maximum absolute atomic E-state index is 12.1. The van der Waals surface area contributed by atoms with Crippen LogP contribution in [0.2, 0.25) is 0 Å². The molecule has 0 aliphatic carbocycles. The highest BCUT2D eigenvalue weighted by molar-refractivity contribution is 5.81. The predicted octanol–water partition coefficient (Wildman–Crippen LogP) is 1.98. The molecule has 2 N–H and O–H groups in total. The maximum atomic E-state index is 12.1. The first-order valence-corrected chi connectivity index (χ1v) is 8.10. The zero-order valence-corrected chi connectivity index (χ0v) is 13.8. The summed E-state index contributed by atoms with van der Waals surface area (Å²) in [6.45, 7) is 4.89.